The van der Waals surface area contributed by atoms with Crippen LogP contribution in [0.5, 0.6) is 0 Å². The molecular weight excluding hydrogens is 314 g/mol. The molecular formula is C12H16BrN3O3. The second kappa shape index (κ2) is 7.42. The van der Waals surface area contributed by atoms with Gasteiger partial charge in [-0.15, -0.1) is 0 Å². The molecule has 1 N–H and O–H groups in total. The van der Waals surface area contributed by atoms with Gasteiger partial charge in [-0.25, -0.2) is 5.43 Å². The van der Waals surface area contributed by atoms with Gasteiger partial charge >= 0.3 is 0 Å². The van der Waals surface area contributed by atoms with Gasteiger partial charge in [0.05, 0.1) is 19.4 Å². The number of morpholine rings is 1. The Morgan fingerprint density at radius 1 is 1.47 bits per heavy atom. The number of amides is 1. The third-order valence-electron chi connectivity index (χ3n) is 2.73. The van der Waals surface area contributed by atoms with Gasteiger partial charge in [-0.3, -0.25) is 9.69 Å². The maximum atomic E-state index is 11.6. The Labute approximate surface area is 119 Å². The number of ether oxygens (including phenoxy) is 1. The number of nitrogens with zero attached hydrogens (tertiary/aromatic N) is 2. The summed E-state index contributed by atoms with van der Waals surface area (Å²) in [6, 6.07) is 3.52. The van der Waals surface area contributed by atoms with Gasteiger partial charge in [0.2, 0.25) is 5.91 Å². The van der Waals surface area contributed by atoms with Gasteiger partial charge in [0.1, 0.15) is 5.76 Å². The van der Waals surface area contributed by atoms with E-state index in [4.69, 9.17) is 9.15 Å². The minimum Gasteiger partial charge on any atom is -0.448 e. The molecule has 1 aromatic heterocycles. The van der Waals surface area contributed by atoms with Crippen molar-refractivity contribution in [2.75, 3.05) is 32.8 Å². The summed E-state index contributed by atoms with van der Waals surface area (Å²) >= 11 is 3.19. The highest BCUT2D eigenvalue weighted by Gasteiger charge is 2.11. The predicted molar refractivity (Wildman–Crippen MR) is 74.0 cm³/mol. The number of hydrogen-bond acceptors (Lipinski definition) is 5. The van der Waals surface area contributed by atoms with E-state index < -0.39 is 0 Å². The SMILES string of the molecule is O=C(CCN1CCOCC1)N/N=C/c1ccc(Br)o1. The van der Waals surface area contributed by atoms with E-state index in [-0.39, 0.29) is 5.91 Å². The van der Waals surface area contributed by atoms with E-state index in [0.29, 0.717) is 16.9 Å². The number of carbonyl (C=O) groups is 1. The largest absolute Gasteiger partial charge is 0.448 e. The smallest absolute Gasteiger partial charge is 0.241 e. The highest BCUT2D eigenvalue weighted by atomic mass is 79.9. The molecule has 2 rings (SSSR count). The molecule has 0 saturated carbocycles. The van der Waals surface area contributed by atoms with E-state index >= 15 is 0 Å². The highest BCUT2D eigenvalue weighted by molar-refractivity contribution is 9.10. The zero-order valence-electron chi connectivity index (χ0n) is 10.5. The lowest BCUT2D eigenvalue weighted by Gasteiger charge is -2.25. The molecule has 104 valence electrons. The molecule has 1 aliphatic rings. The molecule has 2 heterocycles. The van der Waals surface area contributed by atoms with Crippen molar-refractivity contribution >= 4 is 28.1 Å². The van der Waals surface area contributed by atoms with Gasteiger partial charge in [0, 0.05) is 26.1 Å². The minimum absolute atomic E-state index is 0.103. The van der Waals surface area contributed by atoms with Crippen molar-refractivity contribution < 1.29 is 13.9 Å². The molecule has 1 fully saturated rings. The van der Waals surface area contributed by atoms with E-state index in [1.165, 1.54) is 6.21 Å². The fourth-order valence-electron chi connectivity index (χ4n) is 1.71. The van der Waals surface area contributed by atoms with Gasteiger partial charge in [0.25, 0.3) is 0 Å². The summed E-state index contributed by atoms with van der Waals surface area (Å²) in [6.45, 7) is 3.99. The average molecular weight is 330 g/mol. The molecule has 0 aromatic carbocycles. The van der Waals surface area contributed by atoms with Crippen LogP contribution in [0.25, 0.3) is 0 Å². The fraction of sp³-hybridized carbons (Fsp3) is 0.500. The van der Waals surface area contributed by atoms with Crippen molar-refractivity contribution in [3.63, 3.8) is 0 Å². The number of hydrogen-bond donors (Lipinski definition) is 1. The van der Waals surface area contributed by atoms with E-state index in [2.05, 4.69) is 31.4 Å². The Balaban J connectivity index is 1.65. The first kappa shape index (κ1) is 14.2. The van der Waals surface area contributed by atoms with Crippen LogP contribution in [0.4, 0.5) is 0 Å². The standard InChI is InChI=1S/C12H16BrN3O3/c13-11-2-1-10(19-11)9-14-15-12(17)3-4-16-5-7-18-8-6-16/h1-2,9H,3-8H2,(H,15,17)/b14-9+. The van der Waals surface area contributed by atoms with Crippen LogP contribution in [0.1, 0.15) is 12.2 Å². The summed E-state index contributed by atoms with van der Waals surface area (Å²) in [6.07, 6.45) is 1.90. The number of rotatable bonds is 5. The quantitative estimate of drug-likeness (QED) is 0.651. The third kappa shape index (κ3) is 5.14. The normalized spacial score (nSPS) is 16.9. The lowest BCUT2D eigenvalue weighted by molar-refractivity contribution is -0.121. The Morgan fingerprint density at radius 3 is 2.95 bits per heavy atom. The van der Waals surface area contributed by atoms with Gasteiger partial charge in [-0.2, -0.15) is 5.10 Å². The zero-order chi connectivity index (χ0) is 13.5. The molecule has 1 aliphatic heterocycles. The first-order chi connectivity index (χ1) is 9.24. The van der Waals surface area contributed by atoms with Gasteiger partial charge < -0.3 is 9.15 Å². The van der Waals surface area contributed by atoms with Crippen LogP contribution < -0.4 is 5.43 Å². The molecule has 1 saturated heterocycles. The number of nitrogens with one attached hydrogen (secondary N) is 1. The summed E-state index contributed by atoms with van der Waals surface area (Å²) in [5.74, 6) is 0.480. The second-order valence-corrected chi connectivity index (χ2v) is 4.92. The monoisotopic (exact) mass is 329 g/mol. The number of furan rings is 1. The van der Waals surface area contributed by atoms with Gasteiger partial charge in [-0.05, 0) is 28.1 Å². The van der Waals surface area contributed by atoms with Gasteiger partial charge in [0.15, 0.2) is 4.67 Å². The van der Waals surface area contributed by atoms with Crippen molar-refractivity contribution in [3.8, 4) is 0 Å². The maximum Gasteiger partial charge on any atom is 0.241 e. The Morgan fingerprint density at radius 2 is 2.26 bits per heavy atom. The molecule has 7 heteroatoms. The van der Waals surface area contributed by atoms with E-state index in [1.807, 2.05) is 0 Å². The van der Waals surface area contributed by atoms with E-state index in [9.17, 15) is 4.79 Å². The summed E-state index contributed by atoms with van der Waals surface area (Å²) in [5.41, 5.74) is 2.48. The molecule has 0 radical (unpaired) electrons. The lowest BCUT2D eigenvalue weighted by Crippen LogP contribution is -2.38. The van der Waals surface area contributed by atoms with Crippen molar-refractivity contribution in [3.05, 3.63) is 22.6 Å². The molecule has 0 atom stereocenters. The predicted octanol–water partition coefficient (Wildman–Crippen LogP) is 1.21. The molecule has 19 heavy (non-hydrogen) atoms. The highest BCUT2D eigenvalue weighted by Crippen LogP contribution is 2.11. The minimum atomic E-state index is -0.103. The number of halogens is 1. The molecule has 0 bridgehead atoms. The third-order valence-corrected chi connectivity index (χ3v) is 3.16. The molecule has 0 spiro atoms. The van der Waals surface area contributed by atoms with E-state index in [0.717, 1.165) is 32.8 Å². The number of carbonyl (C=O) groups excluding carboxylic acids is 1. The van der Waals surface area contributed by atoms with Crippen LogP contribution in [0.15, 0.2) is 26.3 Å². The van der Waals surface area contributed by atoms with Crippen molar-refractivity contribution in [2.45, 2.75) is 6.42 Å². The first-order valence-electron chi connectivity index (χ1n) is 6.11. The Hall–Kier alpha value is -1.18. The second-order valence-electron chi connectivity index (χ2n) is 4.14. The Kier molecular flexibility index (Phi) is 5.56. The van der Waals surface area contributed by atoms with Crippen LogP contribution in [0, 0.1) is 0 Å². The van der Waals surface area contributed by atoms with Crippen LogP contribution >= 0.6 is 15.9 Å². The summed E-state index contributed by atoms with van der Waals surface area (Å²) in [4.78, 5) is 13.8. The average Bonchev–Trinajstić information content (AvgIpc) is 2.83. The molecule has 0 unspecified atom stereocenters. The summed E-state index contributed by atoms with van der Waals surface area (Å²) in [7, 11) is 0. The molecule has 1 amide bonds. The van der Waals surface area contributed by atoms with Crippen LogP contribution in [0.3, 0.4) is 0 Å². The van der Waals surface area contributed by atoms with Crippen molar-refractivity contribution in [1.82, 2.24) is 10.3 Å². The first-order valence-corrected chi connectivity index (χ1v) is 6.91. The van der Waals surface area contributed by atoms with Crippen molar-refractivity contribution in [2.24, 2.45) is 5.10 Å². The van der Waals surface area contributed by atoms with Crippen LogP contribution in [0.2, 0.25) is 0 Å². The fourth-order valence-corrected chi connectivity index (χ4v) is 2.02. The lowest BCUT2D eigenvalue weighted by atomic mass is 10.3. The van der Waals surface area contributed by atoms with E-state index in [1.54, 1.807) is 12.1 Å². The molecule has 0 aliphatic carbocycles. The van der Waals surface area contributed by atoms with Crippen molar-refractivity contribution in [1.29, 1.82) is 0 Å². The van der Waals surface area contributed by atoms with Crippen LogP contribution in [-0.2, 0) is 9.53 Å². The topological polar surface area (TPSA) is 67.1 Å². The van der Waals surface area contributed by atoms with Crippen LogP contribution in [-0.4, -0.2) is 49.9 Å². The maximum absolute atomic E-state index is 11.6. The Bertz CT molecular complexity index is 441. The zero-order valence-corrected chi connectivity index (χ0v) is 12.1. The number of hydrazone groups is 1. The summed E-state index contributed by atoms with van der Waals surface area (Å²) < 4.78 is 11.1. The molecule has 6 nitrogen and oxygen atoms in total. The molecule has 1 aromatic rings. The summed E-state index contributed by atoms with van der Waals surface area (Å²) in [5, 5.41) is 3.84. The van der Waals surface area contributed by atoms with Gasteiger partial charge in [-0.1, -0.05) is 0 Å².